The summed E-state index contributed by atoms with van der Waals surface area (Å²) in [5.74, 6) is -0.980. The first kappa shape index (κ1) is 21.5. The maximum absolute atomic E-state index is 13.3. The van der Waals surface area contributed by atoms with Crippen molar-refractivity contribution in [3.8, 4) is 0 Å². The Bertz CT molecular complexity index is 1200. The molecule has 1 saturated heterocycles. The van der Waals surface area contributed by atoms with E-state index in [1.54, 1.807) is 18.2 Å². The molecule has 1 amide bonds. The summed E-state index contributed by atoms with van der Waals surface area (Å²) in [5, 5.41) is 11.2. The molecule has 1 atom stereocenters. The van der Waals surface area contributed by atoms with E-state index in [-0.39, 0.29) is 9.90 Å². The molecular weight excluding hydrogens is 439 g/mol. The molecule has 0 radical (unpaired) electrons. The molecule has 2 heterocycles. The Hall–Kier alpha value is -2.69. The molecule has 162 valence electrons. The number of benzene rings is 2. The van der Waals surface area contributed by atoms with Gasteiger partial charge in [-0.1, -0.05) is 36.5 Å². The maximum Gasteiger partial charge on any atom is 0.286 e. The van der Waals surface area contributed by atoms with Crippen LogP contribution in [0.15, 0.2) is 53.4 Å². The highest BCUT2D eigenvalue weighted by Gasteiger charge is 2.38. The number of hydrogen-bond acceptors (Lipinski definition) is 6. The van der Waals surface area contributed by atoms with Crippen molar-refractivity contribution in [1.82, 2.24) is 14.5 Å². The molecule has 10 heteroatoms. The Morgan fingerprint density at radius 2 is 2.00 bits per heavy atom. The van der Waals surface area contributed by atoms with Gasteiger partial charge in [-0.05, 0) is 55.2 Å². The average Bonchev–Trinajstić information content (AvgIpc) is 3.43. The number of aromatic nitrogens is 2. The van der Waals surface area contributed by atoms with E-state index >= 15 is 0 Å². The van der Waals surface area contributed by atoms with Crippen molar-refractivity contribution in [2.24, 2.45) is 0 Å². The number of carbonyl (C=O) groups is 1. The van der Waals surface area contributed by atoms with Gasteiger partial charge in [-0.25, -0.2) is 12.8 Å². The van der Waals surface area contributed by atoms with E-state index in [9.17, 15) is 17.6 Å². The zero-order valence-corrected chi connectivity index (χ0v) is 18.4. The van der Waals surface area contributed by atoms with Gasteiger partial charge in [0.05, 0.1) is 10.9 Å². The van der Waals surface area contributed by atoms with Crippen LogP contribution in [0, 0.1) is 5.82 Å². The third-order valence-electron chi connectivity index (χ3n) is 5.14. The van der Waals surface area contributed by atoms with Crippen LogP contribution in [-0.2, 0) is 16.4 Å². The zero-order chi connectivity index (χ0) is 22.0. The fourth-order valence-electron chi connectivity index (χ4n) is 3.52. The highest BCUT2D eigenvalue weighted by molar-refractivity contribution is 7.89. The highest BCUT2D eigenvalue weighted by atomic mass is 32.2. The number of nitrogens with one attached hydrogen (secondary N) is 1. The molecule has 0 bridgehead atoms. The number of nitrogens with zero attached hydrogens (tertiary/aromatic N) is 3. The highest BCUT2D eigenvalue weighted by Crippen LogP contribution is 2.37. The molecular formula is C21H21FN4O3S2. The van der Waals surface area contributed by atoms with Crippen molar-refractivity contribution in [2.45, 2.75) is 37.1 Å². The number of rotatable bonds is 6. The quantitative estimate of drug-likeness (QED) is 0.600. The molecule has 4 rings (SSSR count). The van der Waals surface area contributed by atoms with Gasteiger partial charge in [0.25, 0.3) is 5.91 Å². The van der Waals surface area contributed by atoms with Crippen LogP contribution in [0.2, 0.25) is 0 Å². The number of hydrogen-bond donors (Lipinski definition) is 1. The molecule has 1 fully saturated rings. The molecule has 7 nitrogen and oxygen atoms in total. The Morgan fingerprint density at radius 3 is 2.71 bits per heavy atom. The molecule has 2 aromatic carbocycles. The summed E-state index contributed by atoms with van der Waals surface area (Å²) in [6, 6.07) is 12.0. The first-order valence-electron chi connectivity index (χ1n) is 9.89. The predicted molar refractivity (Wildman–Crippen MR) is 116 cm³/mol. The van der Waals surface area contributed by atoms with Gasteiger partial charge in [0.1, 0.15) is 10.8 Å². The number of sulfonamides is 1. The van der Waals surface area contributed by atoms with Crippen LogP contribution in [0.1, 0.15) is 46.2 Å². The minimum absolute atomic E-state index is 0.0933. The van der Waals surface area contributed by atoms with Gasteiger partial charge in [-0.2, -0.15) is 4.31 Å². The van der Waals surface area contributed by atoms with Gasteiger partial charge in [0.15, 0.2) is 0 Å². The SMILES string of the molecule is CCc1ccc(S(=O)(=O)N2CCC[C@@H]2c2nnc(C(=O)Nc3cccc(F)c3)s2)cc1. The van der Waals surface area contributed by atoms with Gasteiger partial charge in [0.2, 0.25) is 15.0 Å². The molecule has 0 unspecified atom stereocenters. The summed E-state index contributed by atoms with van der Waals surface area (Å²) >= 11 is 1.05. The van der Waals surface area contributed by atoms with E-state index in [4.69, 9.17) is 0 Å². The standard InChI is InChI=1S/C21H21FN4O3S2/c1-2-14-8-10-17(11-9-14)31(28,29)26-12-4-7-18(26)20-24-25-21(30-20)19(27)23-16-6-3-5-15(22)13-16/h3,5-6,8-11,13,18H,2,4,7,12H2,1H3,(H,23,27)/t18-/m1/s1. The zero-order valence-electron chi connectivity index (χ0n) is 16.8. The number of carbonyl (C=O) groups excluding carboxylic acids is 1. The lowest BCUT2D eigenvalue weighted by Crippen LogP contribution is -2.30. The van der Waals surface area contributed by atoms with Gasteiger partial charge >= 0.3 is 0 Å². The third-order valence-corrected chi connectivity index (χ3v) is 8.09. The summed E-state index contributed by atoms with van der Waals surface area (Å²) in [5.41, 5.74) is 1.37. The first-order chi connectivity index (χ1) is 14.9. The number of anilines is 1. The van der Waals surface area contributed by atoms with Crippen LogP contribution in [0.25, 0.3) is 0 Å². The Morgan fingerprint density at radius 1 is 1.23 bits per heavy atom. The van der Waals surface area contributed by atoms with Crippen molar-refractivity contribution in [1.29, 1.82) is 0 Å². The number of aryl methyl sites for hydroxylation is 1. The monoisotopic (exact) mass is 460 g/mol. The van der Waals surface area contributed by atoms with E-state index in [0.717, 1.165) is 23.3 Å². The normalized spacial score (nSPS) is 17.0. The van der Waals surface area contributed by atoms with Crippen molar-refractivity contribution in [3.63, 3.8) is 0 Å². The fourth-order valence-corrected chi connectivity index (χ4v) is 6.13. The molecule has 1 aliphatic heterocycles. The summed E-state index contributed by atoms with van der Waals surface area (Å²) in [4.78, 5) is 12.7. The van der Waals surface area contributed by atoms with Crippen LogP contribution < -0.4 is 5.32 Å². The van der Waals surface area contributed by atoms with E-state index < -0.39 is 27.8 Å². The second kappa shape index (κ2) is 8.81. The van der Waals surface area contributed by atoms with Crippen LogP contribution >= 0.6 is 11.3 Å². The molecule has 31 heavy (non-hydrogen) atoms. The number of amides is 1. The first-order valence-corrected chi connectivity index (χ1v) is 12.1. The van der Waals surface area contributed by atoms with Gasteiger partial charge in [-0.3, -0.25) is 4.79 Å². The lowest BCUT2D eigenvalue weighted by molar-refractivity contribution is 0.102. The summed E-state index contributed by atoms with van der Waals surface area (Å²) < 4.78 is 41.2. The second-order valence-electron chi connectivity index (χ2n) is 7.18. The fraction of sp³-hybridized carbons (Fsp3) is 0.286. The molecule has 1 N–H and O–H groups in total. The van der Waals surface area contributed by atoms with E-state index in [2.05, 4.69) is 15.5 Å². The smallest absolute Gasteiger partial charge is 0.286 e. The minimum atomic E-state index is -3.70. The van der Waals surface area contributed by atoms with Gasteiger partial charge < -0.3 is 5.32 Å². The molecule has 0 aliphatic carbocycles. The Balaban J connectivity index is 1.54. The van der Waals surface area contributed by atoms with E-state index in [1.807, 2.05) is 19.1 Å². The van der Waals surface area contributed by atoms with Crippen molar-refractivity contribution < 1.29 is 17.6 Å². The van der Waals surface area contributed by atoms with Gasteiger partial charge in [0, 0.05) is 12.2 Å². The predicted octanol–water partition coefficient (Wildman–Crippen LogP) is 4.02. The van der Waals surface area contributed by atoms with Crippen LogP contribution in [0.5, 0.6) is 0 Å². The van der Waals surface area contributed by atoms with Crippen molar-refractivity contribution >= 4 is 33.0 Å². The minimum Gasteiger partial charge on any atom is -0.320 e. The molecule has 0 saturated carbocycles. The summed E-state index contributed by atoms with van der Waals surface area (Å²) in [7, 11) is -3.70. The molecule has 3 aromatic rings. The van der Waals surface area contributed by atoms with Crippen LogP contribution in [0.4, 0.5) is 10.1 Å². The molecule has 1 aromatic heterocycles. The van der Waals surface area contributed by atoms with E-state index in [0.29, 0.717) is 30.1 Å². The maximum atomic E-state index is 13.3. The Kier molecular flexibility index (Phi) is 6.12. The number of halogens is 1. The van der Waals surface area contributed by atoms with E-state index in [1.165, 1.54) is 22.5 Å². The molecule has 1 aliphatic rings. The van der Waals surface area contributed by atoms with Crippen molar-refractivity contribution in [3.05, 3.63) is 69.9 Å². The van der Waals surface area contributed by atoms with Gasteiger partial charge in [-0.15, -0.1) is 10.2 Å². The van der Waals surface area contributed by atoms with Crippen LogP contribution in [-0.4, -0.2) is 35.4 Å². The average molecular weight is 461 g/mol. The largest absolute Gasteiger partial charge is 0.320 e. The van der Waals surface area contributed by atoms with Crippen LogP contribution in [0.3, 0.4) is 0 Å². The lowest BCUT2D eigenvalue weighted by atomic mass is 10.2. The Labute approximate surface area is 184 Å². The lowest BCUT2D eigenvalue weighted by Gasteiger charge is -2.22. The van der Waals surface area contributed by atoms with Crippen molar-refractivity contribution in [2.75, 3.05) is 11.9 Å². The molecule has 0 spiro atoms. The second-order valence-corrected chi connectivity index (χ2v) is 10.1. The topological polar surface area (TPSA) is 92.3 Å². The summed E-state index contributed by atoms with van der Waals surface area (Å²) in [6.07, 6.45) is 2.13. The third kappa shape index (κ3) is 4.51. The summed E-state index contributed by atoms with van der Waals surface area (Å²) in [6.45, 7) is 2.39.